The van der Waals surface area contributed by atoms with Gasteiger partial charge in [-0.15, -0.1) is 0 Å². The zero-order valence-electron chi connectivity index (χ0n) is 7.96. The molecule has 0 bridgehead atoms. The largest absolute Gasteiger partial charge is 0.491 e. The van der Waals surface area contributed by atoms with Gasteiger partial charge in [0.25, 0.3) is 0 Å². The average molecular weight is 212 g/mol. The van der Waals surface area contributed by atoms with Gasteiger partial charge in [0.1, 0.15) is 31.5 Å². The van der Waals surface area contributed by atoms with Crippen LogP contribution in [0, 0.1) is 17.7 Å². The first-order chi connectivity index (χ1) is 7.26. The van der Waals surface area contributed by atoms with Crippen molar-refractivity contribution in [3.8, 4) is 17.6 Å². The summed E-state index contributed by atoms with van der Waals surface area (Å²) in [7, 11) is 0. The van der Waals surface area contributed by atoms with Crippen LogP contribution in [0.2, 0.25) is 0 Å². The highest BCUT2D eigenvalue weighted by molar-refractivity contribution is 5.40. The first kappa shape index (κ1) is 11.5. The van der Waals surface area contributed by atoms with E-state index in [2.05, 4.69) is 11.8 Å². The molecule has 80 valence electrons. The molecule has 0 aliphatic carbocycles. The molecule has 1 rings (SSSR count). The van der Waals surface area contributed by atoms with Gasteiger partial charge in [0, 0.05) is 11.6 Å². The van der Waals surface area contributed by atoms with Crippen molar-refractivity contribution < 1.29 is 18.6 Å². The molecule has 0 amide bonds. The molecular weight excluding hydrogens is 202 g/mol. The Kier molecular flexibility index (Phi) is 4.58. The van der Waals surface area contributed by atoms with Crippen molar-refractivity contribution in [3.63, 3.8) is 0 Å². The van der Waals surface area contributed by atoms with Crippen molar-refractivity contribution >= 4 is 0 Å². The third-order valence-corrected chi connectivity index (χ3v) is 1.53. The van der Waals surface area contributed by atoms with Gasteiger partial charge in [0.2, 0.25) is 0 Å². The molecule has 0 aliphatic rings. The maximum absolute atomic E-state index is 13.0. The Hall–Kier alpha value is -1.60. The Morgan fingerprint density at radius 3 is 2.80 bits per heavy atom. The van der Waals surface area contributed by atoms with Gasteiger partial charge in [-0.2, -0.15) is 0 Å². The molecule has 2 nitrogen and oxygen atoms in total. The highest BCUT2D eigenvalue weighted by atomic mass is 19.1. The van der Waals surface area contributed by atoms with E-state index in [-0.39, 0.29) is 19.0 Å². The van der Waals surface area contributed by atoms with Gasteiger partial charge in [-0.25, -0.2) is 8.78 Å². The summed E-state index contributed by atoms with van der Waals surface area (Å²) in [4.78, 5) is 0. The molecule has 0 saturated heterocycles. The van der Waals surface area contributed by atoms with E-state index in [9.17, 15) is 8.78 Å². The second-order valence-electron chi connectivity index (χ2n) is 2.67. The molecule has 0 aromatic heterocycles. The van der Waals surface area contributed by atoms with E-state index in [0.29, 0.717) is 5.56 Å². The number of alkyl halides is 1. The van der Waals surface area contributed by atoms with Crippen LogP contribution in [0.25, 0.3) is 0 Å². The highest BCUT2D eigenvalue weighted by Gasteiger charge is 1.99. The van der Waals surface area contributed by atoms with Gasteiger partial charge in [-0.3, -0.25) is 0 Å². The minimum absolute atomic E-state index is 0.115. The Morgan fingerprint density at radius 1 is 1.33 bits per heavy atom. The van der Waals surface area contributed by atoms with Crippen molar-refractivity contribution in [2.45, 2.75) is 0 Å². The zero-order valence-corrected chi connectivity index (χ0v) is 7.96. The van der Waals surface area contributed by atoms with Crippen LogP contribution in [-0.4, -0.2) is 25.0 Å². The molecule has 0 heterocycles. The summed E-state index contributed by atoms with van der Waals surface area (Å²) in [6.45, 7) is -1.04. The molecule has 0 atom stereocenters. The molecule has 0 fully saturated rings. The van der Waals surface area contributed by atoms with E-state index in [1.165, 1.54) is 12.1 Å². The van der Waals surface area contributed by atoms with Gasteiger partial charge in [0.15, 0.2) is 0 Å². The van der Waals surface area contributed by atoms with Crippen LogP contribution >= 0.6 is 0 Å². The van der Waals surface area contributed by atoms with E-state index in [1.807, 2.05) is 0 Å². The minimum atomic E-state index is -0.631. The van der Waals surface area contributed by atoms with Crippen LogP contribution < -0.4 is 4.74 Å². The van der Waals surface area contributed by atoms with Crippen LogP contribution in [0.1, 0.15) is 5.56 Å². The van der Waals surface area contributed by atoms with E-state index < -0.39 is 12.5 Å². The van der Waals surface area contributed by atoms with Crippen molar-refractivity contribution in [1.29, 1.82) is 0 Å². The molecule has 0 unspecified atom stereocenters. The minimum Gasteiger partial charge on any atom is -0.491 e. The lowest BCUT2D eigenvalue weighted by atomic mass is 10.2. The van der Waals surface area contributed by atoms with Crippen LogP contribution in [0.3, 0.4) is 0 Å². The number of halogens is 2. The number of hydrogen-bond donors (Lipinski definition) is 1. The van der Waals surface area contributed by atoms with Gasteiger partial charge < -0.3 is 9.84 Å². The molecule has 1 aromatic rings. The Morgan fingerprint density at radius 2 is 2.13 bits per heavy atom. The predicted octanol–water partition coefficient (Wildman–Crippen LogP) is 1.52. The Labute approximate surface area is 86.5 Å². The summed E-state index contributed by atoms with van der Waals surface area (Å²) >= 11 is 0. The maximum atomic E-state index is 13.0. The molecular formula is C11H10F2O2. The summed E-state index contributed by atoms with van der Waals surface area (Å²) in [6.07, 6.45) is 0. The van der Waals surface area contributed by atoms with Crippen molar-refractivity contribution in [1.82, 2.24) is 0 Å². The normalized spacial score (nSPS) is 9.27. The molecule has 0 spiro atoms. The predicted molar refractivity (Wildman–Crippen MR) is 51.8 cm³/mol. The SMILES string of the molecule is OCC#Cc1cc(F)cc(OCCF)c1. The van der Waals surface area contributed by atoms with E-state index in [1.54, 1.807) is 0 Å². The van der Waals surface area contributed by atoms with E-state index >= 15 is 0 Å². The number of benzene rings is 1. The number of hydrogen-bond acceptors (Lipinski definition) is 2. The molecule has 0 saturated carbocycles. The lowest BCUT2D eigenvalue weighted by Gasteiger charge is -2.03. The van der Waals surface area contributed by atoms with E-state index in [4.69, 9.17) is 9.84 Å². The smallest absolute Gasteiger partial charge is 0.128 e. The standard InChI is InChI=1S/C11H10F2O2/c12-3-5-15-11-7-9(2-1-4-14)6-10(13)8-11/h6-8,14H,3-5H2. The van der Waals surface area contributed by atoms with Crippen LogP contribution in [0.15, 0.2) is 18.2 Å². The van der Waals surface area contributed by atoms with Gasteiger partial charge in [-0.1, -0.05) is 11.8 Å². The molecule has 15 heavy (non-hydrogen) atoms. The fourth-order valence-corrected chi connectivity index (χ4v) is 1.02. The lowest BCUT2D eigenvalue weighted by molar-refractivity contribution is 0.272. The summed E-state index contributed by atoms with van der Waals surface area (Å²) in [5.41, 5.74) is 0.387. The molecule has 1 aromatic carbocycles. The quantitative estimate of drug-likeness (QED) is 0.770. The fourth-order valence-electron chi connectivity index (χ4n) is 1.02. The summed E-state index contributed by atoms with van der Waals surface area (Å²) < 4.78 is 29.7. The highest BCUT2D eigenvalue weighted by Crippen LogP contribution is 2.15. The number of aliphatic hydroxyl groups excluding tert-OH is 1. The topological polar surface area (TPSA) is 29.5 Å². The zero-order chi connectivity index (χ0) is 11.1. The van der Waals surface area contributed by atoms with Crippen molar-refractivity contribution in [2.75, 3.05) is 19.9 Å². The maximum Gasteiger partial charge on any atom is 0.128 e. The second kappa shape index (κ2) is 5.99. The molecule has 4 heteroatoms. The van der Waals surface area contributed by atoms with E-state index in [0.717, 1.165) is 6.07 Å². The number of rotatable bonds is 3. The van der Waals surface area contributed by atoms with Gasteiger partial charge in [-0.05, 0) is 12.1 Å². The number of ether oxygens (including phenoxy) is 1. The van der Waals surface area contributed by atoms with Gasteiger partial charge in [0.05, 0.1) is 0 Å². The average Bonchev–Trinajstić information content (AvgIpc) is 2.23. The number of aliphatic hydroxyl groups is 1. The third-order valence-electron chi connectivity index (χ3n) is 1.53. The van der Waals surface area contributed by atoms with Crippen molar-refractivity contribution in [3.05, 3.63) is 29.6 Å². The monoisotopic (exact) mass is 212 g/mol. The Balaban J connectivity index is 2.84. The second-order valence-corrected chi connectivity index (χ2v) is 2.67. The van der Waals surface area contributed by atoms with Crippen LogP contribution in [0.5, 0.6) is 5.75 Å². The lowest BCUT2D eigenvalue weighted by Crippen LogP contribution is -1.99. The summed E-state index contributed by atoms with van der Waals surface area (Å²) in [6, 6.07) is 3.85. The fraction of sp³-hybridized carbons (Fsp3) is 0.273. The van der Waals surface area contributed by atoms with Crippen molar-refractivity contribution in [2.24, 2.45) is 0 Å². The third kappa shape index (κ3) is 3.96. The Bertz CT molecular complexity index is 380. The summed E-state index contributed by atoms with van der Waals surface area (Å²) in [5.74, 6) is 4.65. The molecule has 1 N–H and O–H groups in total. The first-order valence-electron chi connectivity index (χ1n) is 4.35. The van der Waals surface area contributed by atoms with Gasteiger partial charge >= 0.3 is 0 Å². The molecule has 0 aliphatic heterocycles. The van der Waals surface area contributed by atoms with Crippen LogP contribution in [-0.2, 0) is 0 Å². The molecule has 0 radical (unpaired) electrons. The summed E-state index contributed by atoms with van der Waals surface area (Å²) in [5, 5.41) is 8.46. The van der Waals surface area contributed by atoms with Crippen LogP contribution in [0.4, 0.5) is 8.78 Å². The first-order valence-corrected chi connectivity index (χ1v) is 4.35.